The van der Waals surface area contributed by atoms with E-state index >= 15 is 0 Å². The smallest absolute Gasteiger partial charge is 0.157 e. The highest BCUT2D eigenvalue weighted by Crippen LogP contribution is 2.16. The molecule has 90 valence electrons. The third-order valence-corrected chi connectivity index (χ3v) is 3.20. The predicted molar refractivity (Wildman–Crippen MR) is 67.2 cm³/mol. The Kier molecular flexibility index (Phi) is 2.68. The van der Waals surface area contributed by atoms with Crippen LogP contribution in [0.4, 0.5) is 5.82 Å². The molecule has 0 radical (unpaired) electrons. The van der Waals surface area contributed by atoms with Gasteiger partial charge in [-0.05, 0) is 26.3 Å². The summed E-state index contributed by atoms with van der Waals surface area (Å²) in [6, 6.07) is 2.41. The van der Waals surface area contributed by atoms with Crippen molar-refractivity contribution in [3.63, 3.8) is 0 Å². The Morgan fingerprint density at radius 1 is 1.53 bits per heavy atom. The van der Waals surface area contributed by atoms with Gasteiger partial charge in [0.2, 0.25) is 0 Å². The fourth-order valence-electron chi connectivity index (χ4n) is 2.26. The highest BCUT2D eigenvalue weighted by molar-refractivity contribution is 5.51. The molecule has 1 atom stereocenters. The monoisotopic (exact) mass is 231 g/mol. The molecule has 0 saturated carbocycles. The van der Waals surface area contributed by atoms with Gasteiger partial charge >= 0.3 is 0 Å². The molecular weight excluding hydrogens is 214 g/mol. The number of nitrogens with zero attached hydrogens (tertiary/aromatic N) is 3. The third kappa shape index (κ3) is 2.10. The van der Waals surface area contributed by atoms with Crippen LogP contribution in [0.5, 0.6) is 0 Å². The normalized spacial score (nSPS) is 20.6. The van der Waals surface area contributed by atoms with E-state index in [2.05, 4.69) is 27.6 Å². The van der Waals surface area contributed by atoms with E-state index in [-0.39, 0.29) is 0 Å². The van der Waals surface area contributed by atoms with E-state index in [1.165, 1.54) is 12.8 Å². The molecule has 0 amide bonds. The van der Waals surface area contributed by atoms with Crippen LogP contribution in [-0.4, -0.2) is 33.7 Å². The summed E-state index contributed by atoms with van der Waals surface area (Å²) in [5, 5.41) is 11.1. The maximum atomic E-state index is 4.59. The van der Waals surface area contributed by atoms with E-state index < -0.39 is 0 Å². The molecule has 2 aromatic heterocycles. The average molecular weight is 231 g/mol. The van der Waals surface area contributed by atoms with E-state index in [0.29, 0.717) is 6.04 Å². The molecule has 2 N–H and O–H groups in total. The van der Waals surface area contributed by atoms with Crippen molar-refractivity contribution in [1.82, 2.24) is 19.9 Å². The first kappa shape index (κ1) is 10.5. The predicted octanol–water partition coefficient (Wildman–Crippen LogP) is 1.20. The van der Waals surface area contributed by atoms with Gasteiger partial charge in [-0.3, -0.25) is 0 Å². The van der Waals surface area contributed by atoms with Gasteiger partial charge in [-0.15, -0.1) is 0 Å². The van der Waals surface area contributed by atoms with Gasteiger partial charge in [0.05, 0.1) is 6.20 Å². The van der Waals surface area contributed by atoms with Gasteiger partial charge < -0.3 is 10.6 Å². The van der Waals surface area contributed by atoms with Crippen LogP contribution in [0.3, 0.4) is 0 Å². The fourth-order valence-corrected chi connectivity index (χ4v) is 2.26. The fraction of sp³-hybridized carbons (Fsp3) is 0.500. The van der Waals surface area contributed by atoms with Crippen molar-refractivity contribution in [2.45, 2.75) is 25.8 Å². The van der Waals surface area contributed by atoms with E-state index in [9.17, 15) is 0 Å². The van der Waals surface area contributed by atoms with Crippen molar-refractivity contribution >= 4 is 11.5 Å². The maximum Gasteiger partial charge on any atom is 0.157 e. The molecule has 0 bridgehead atoms. The van der Waals surface area contributed by atoms with Gasteiger partial charge in [-0.25, -0.2) is 9.50 Å². The van der Waals surface area contributed by atoms with E-state index in [1.54, 1.807) is 10.7 Å². The van der Waals surface area contributed by atoms with Gasteiger partial charge in [-0.2, -0.15) is 5.10 Å². The molecular formula is C12H17N5. The zero-order valence-electron chi connectivity index (χ0n) is 9.98. The zero-order chi connectivity index (χ0) is 11.7. The lowest BCUT2D eigenvalue weighted by Gasteiger charge is -2.24. The second-order valence-corrected chi connectivity index (χ2v) is 4.59. The second-order valence-electron chi connectivity index (χ2n) is 4.59. The van der Waals surface area contributed by atoms with Gasteiger partial charge in [0.25, 0.3) is 0 Å². The van der Waals surface area contributed by atoms with Gasteiger partial charge in [0, 0.05) is 30.4 Å². The molecule has 1 aliphatic rings. The molecule has 0 unspecified atom stereocenters. The Morgan fingerprint density at radius 3 is 3.29 bits per heavy atom. The summed E-state index contributed by atoms with van der Waals surface area (Å²) in [6.45, 7) is 4.21. The Morgan fingerprint density at radius 2 is 2.47 bits per heavy atom. The number of nitrogens with one attached hydrogen (secondary N) is 2. The minimum absolute atomic E-state index is 0.486. The summed E-state index contributed by atoms with van der Waals surface area (Å²) in [6.07, 6.45) is 6.22. The number of aryl methyl sites for hydroxylation is 1. The van der Waals surface area contributed by atoms with E-state index in [0.717, 1.165) is 30.1 Å². The van der Waals surface area contributed by atoms with Crippen molar-refractivity contribution in [3.8, 4) is 0 Å². The summed E-state index contributed by atoms with van der Waals surface area (Å²) in [4.78, 5) is 4.59. The van der Waals surface area contributed by atoms with Gasteiger partial charge in [0.15, 0.2) is 5.65 Å². The molecule has 1 aliphatic heterocycles. The van der Waals surface area contributed by atoms with Crippen molar-refractivity contribution in [2.24, 2.45) is 0 Å². The van der Waals surface area contributed by atoms with E-state index in [1.807, 2.05) is 12.3 Å². The highest BCUT2D eigenvalue weighted by Gasteiger charge is 2.14. The Balaban J connectivity index is 1.85. The second kappa shape index (κ2) is 4.33. The number of aromatic nitrogens is 3. The first-order valence-corrected chi connectivity index (χ1v) is 6.11. The molecule has 1 fully saturated rings. The molecule has 17 heavy (non-hydrogen) atoms. The van der Waals surface area contributed by atoms with Crippen LogP contribution >= 0.6 is 0 Å². The molecule has 0 aromatic carbocycles. The number of hydrogen-bond acceptors (Lipinski definition) is 4. The van der Waals surface area contributed by atoms with Crippen LogP contribution in [0.25, 0.3) is 5.65 Å². The Labute approximate surface area is 100 Å². The molecule has 3 heterocycles. The minimum Gasteiger partial charge on any atom is -0.366 e. The summed E-state index contributed by atoms with van der Waals surface area (Å²) in [5.41, 5.74) is 2.02. The van der Waals surface area contributed by atoms with Crippen LogP contribution in [0.2, 0.25) is 0 Å². The topological polar surface area (TPSA) is 54.2 Å². The van der Waals surface area contributed by atoms with Crippen LogP contribution in [0, 0.1) is 6.92 Å². The lowest BCUT2D eigenvalue weighted by Crippen LogP contribution is -2.38. The quantitative estimate of drug-likeness (QED) is 0.815. The van der Waals surface area contributed by atoms with Crippen LogP contribution in [0.15, 0.2) is 18.5 Å². The van der Waals surface area contributed by atoms with Crippen LogP contribution < -0.4 is 10.6 Å². The van der Waals surface area contributed by atoms with Crippen LogP contribution in [-0.2, 0) is 0 Å². The van der Waals surface area contributed by atoms with Gasteiger partial charge in [0.1, 0.15) is 5.82 Å². The van der Waals surface area contributed by atoms with Gasteiger partial charge in [-0.1, -0.05) is 0 Å². The molecule has 1 saturated heterocycles. The third-order valence-electron chi connectivity index (χ3n) is 3.20. The largest absolute Gasteiger partial charge is 0.366 e. The summed E-state index contributed by atoms with van der Waals surface area (Å²) in [5.74, 6) is 0.978. The molecule has 5 nitrogen and oxygen atoms in total. The molecule has 3 rings (SSSR count). The Hall–Kier alpha value is -1.62. The van der Waals surface area contributed by atoms with Crippen molar-refractivity contribution in [3.05, 3.63) is 24.0 Å². The number of rotatable bonds is 2. The van der Waals surface area contributed by atoms with Crippen molar-refractivity contribution in [1.29, 1.82) is 0 Å². The Bertz CT molecular complexity index is 513. The lowest BCUT2D eigenvalue weighted by molar-refractivity contribution is 0.479. The number of piperidine rings is 1. The lowest BCUT2D eigenvalue weighted by atomic mass is 10.1. The first-order valence-electron chi connectivity index (χ1n) is 6.11. The number of fused-ring (bicyclic) bond motifs is 1. The maximum absolute atomic E-state index is 4.59. The molecule has 2 aromatic rings. The van der Waals surface area contributed by atoms with Crippen LogP contribution in [0.1, 0.15) is 18.4 Å². The zero-order valence-corrected chi connectivity index (χ0v) is 9.98. The average Bonchev–Trinajstić information content (AvgIpc) is 2.78. The minimum atomic E-state index is 0.486. The molecule has 5 heteroatoms. The standard InChI is InChI=1S/C12H17N5/c1-9-8-17-11(4-6-14-17)16-12(9)15-10-3-2-5-13-7-10/h4,6,8,10,13H,2-3,5,7H2,1H3,(H,15,16)/t10-/m0/s1. The molecule has 0 spiro atoms. The summed E-state index contributed by atoms with van der Waals surface area (Å²) >= 11 is 0. The van der Waals surface area contributed by atoms with Crippen molar-refractivity contribution < 1.29 is 0 Å². The number of hydrogen-bond donors (Lipinski definition) is 2. The molecule has 0 aliphatic carbocycles. The van der Waals surface area contributed by atoms with E-state index in [4.69, 9.17) is 0 Å². The SMILES string of the molecule is Cc1cn2nccc2nc1N[C@H]1CCCNC1. The number of anilines is 1. The summed E-state index contributed by atoms with van der Waals surface area (Å²) < 4.78 is 1.81. The van der Waals surface area contributed by atoms with Crippen molar-refractivity contribution in [2.75, 3.05) is 18.4 Å². The highest BCUT2D eigenvalue weighted by atomic mass is 15.2. The first-order chi connectivity index (χ1) is 8.33. The summed E-state index contributed by atoms with van der Waals surface area (Å²) in [7, 11) is 0.